The second kappa shape index (κ2) is 5.81. The van der Waals surface area contributed by atoms with Crippen LogP contribution in [0.15, 0.2) is 36.0 Å². The molecule has 1 unspecified atom stereocenters. The number of hydrogen-bond acceptors (Lipinski definition) is 3. The maximum absolute atomic E-state index is 12.8. The molecule has 1 amide bonds. The summed E-state index contributed by atoms with van der Waals surface area (Å²) in [6.07, 6.45) is 6.89. The van der Waals surface area contributed by atoms with Crippen LogP contribution >= 0.6 is 11.3 Å². The predicted molar refractivity (Wildman–Crippen MR) is 79.4 cm³/mol. The highest BCUT2D eigenvalue weighted by molar-refractivity contribution is 7.12. The topological polar surface area (TPSA) is 45.5 Å². The third-order valence-electron chi connectivity index (χ3n) is 3.82. The largest absolute Gasteiger partial charge is 0.394 e. The lowest BCUT2D eigenvalue weighted by Gasteiger charge is -2.34. The molecule has 4 nitrogen and oxygen atoms in total. The molecular weight excluding hydrogens is 272 g/mol. The van der Waals surface area contributed by atoms with Gasteiger partial charge in [-0.1, -0.05) is 0 Å². The number of aliphatic hydroxyl groups is 1. The summed E-state index contributed by atoms with van der Waals surface area (Å²) >= 11 is 1.47. The molecule has 0 radical (unpaired) electrons. The van der Waals surface area contributed by atoms with Crippen LogP contribution in [0.5, 0.6) is 0 Å². The van der Waals surface area contributed by atoms with Crippen molar-refractivity contribution in [1.29, 1.82) is 0 Å². The molecule has 3 rings (SSSR count). The lowest BCUT2D eigenvalue weighted by atomic mass is 10.0. The van der Waals surface area contributed by atoms with Gasteiger partial charge >= 0.3 is 0 Å². The second-order valence-corrected chi connectivity index (χ2v) is 5.97. The maximum Gasteiger partial charge on any atom is 0.266 e. The summed E-state index contributed by atoms with van der Waals surface area (Å²) in [7, 11) is 0. The molecule has 0 aromatic carbocycles. The summed E-state index contributed by atoms with van der Waals surface area (Å²) < 4.78 is 1.96. The molecule has 0 aliphatic carbocycles. The zero-order chi connectivity index (χ0) is 13.9. The molecule has 2 aromatic heterocycles. The highest BCUT2D eigenvalue weighted by Gasteiger charge is 2.29. The first-order valence-electron chi connectivity index (χ1n) is 6.94. The lowest BCUT2D eigenvalue weighted by molar-refractivity contribution is 0.0508. The van der Waals surface area contributed by atoms with Crippen LogP contribution in [0.3, 0.4) is 0 Å². The number of nitrogens with zero attached hydrogens (tertiary/aromatic N) is 2. The van der Waals surface area contributed by atoms with Gasteiger partial charge in [0.25, 0.3) is 5.91 Å². The first-order valence-corrected chi connectivity index (χ1v) is 7.82. The molecule has 20 heavy (non-hydrogen) atoms. The minimum atomic E-state index is -0.0316. The summed E-state index contributed by atoms with van der Waals surface area (Å²) in [4.78, 5) is 15.3. The summed E-state index contributed by atoms with van der Waals surface area (Å²) in [5.74, 6) is 0.0439. The molecule has 106 valence electrons. The quantitative estimate of drug-likeness (QED) is 0.944. The molecule has 1 aliphatic rings. The zero-order valence-corrected chi connectivity index (χ0v) is 12.1. The van der Waals surface area contributed by atoms with Gasteiger partial charge in [0.1, 0.15) is 4.88 Å². The van der Waals surface area contributed by atoms with Crippen molar-refractivity contribution in [2.75, 3.05) is 13.2 Å². The normalized spacial score (nSPS) is 19.2. The van der Waals surface area contributed by atoms with Gasteiger partial charge in [0.05, 0.1) is 18.3 Å². The van der Waals surface area contributed by atoms with Crippen LogP contribution in [-0.2, 0) is 0 Å². The fourth-order valence-electron chi connectivity index (χ4n) is 2.75. The standard InChI is InChI=1S/C15H18N2O2S/c18-11-12-5-1-2-9-17(12)15(19)14-13(6-10-20-14)16-7-3-4-8-16/h3-4,6-8,10,12,18H,1-2,5,9,11H2. The Hall–Kier alpha value is -1.59. The smallest absolute Gasteiger partial charge is 0.266 e. The Morgan fingerprint density at radius 2 is 2.15 bits per heavy atom. The number of carbonyl (C=O) groups is 1. The number of likely N-dealkylation sites (tertiary alicyclic amines) is 1. The molecule has 1 fully saturated rings. The Morgan fingerprint density at radius 3 is 2.90 bits per heavy atom. The van der Waals surface area contributed by atoms with Crippen molar-refractivity contribution in [1.82, 2.24) is 9.47 Å². The first-order chi connectivity index (χ1) is 9.81. The van der Waals surface area contributed by atoms with Gasteiger partial charge in [-0.3, -0.25) is 4.79 Å². The van der Waals surface area contributed by atoms with Gasteiger partial charge in [-0.25, -0.2) is 0 Å². The predicted octanol–water partition coefficient (Wildman–Crippen LogP) is 2.53. The average Bonchev–Trinajstić information content (AvgIpc) is 3.16. The Kier molecular flexibility index (Phi) is 3.89. The van der Waals surface area contributed by atoms with Crippen LogP contribution in [0.4, 0.5) is 0 Å². The lowest BCUT2D eigenvalue weighted by Crippen LogP contribution is -2.45. The SMILES string of the molecule is O=C(c1sccc1-n1cccc1)N1CCCCC1CO. The van der Waals surface area contributed by atoms with E-state index in [1.807, 2.05) is 45.4 Å². The molecule has 1 atom stereocenters. The molecule has 3 heterocycles. The molecule has 1 N–H and O–H groups in total. The van der Waals surface area contributed by atoms with E-state index in [0.717, 1.165) is 36.4 Å². The summed E-state index contributed by atoms with van der Waals surface area (Å²) in [6.45, 7) is 0.795. The van der Waals surface area contributed by atoms with E-state index in [2.05, 4.69) is 0 Å². The molecule has 0 spiro atoms. The van der Waals surface area contributed by atoms with E-state index in [9.17, 15) is 9.90 Å². The number of carbonyl (C=O) groups excluding carboxylic acids is 1. The van der Waals surface area contributed by atoms with Crippen molar-refractivity contribution in [3.63, 3.8) is 0 Å². The van der Waals surface area contributed by atoms with E-state index in [1.54, 1.807) is 0 Å². The van der Waals surface area contributed by atoms with Gasteiger partial charge in [-0.05, 0) is 42.8 Å². The fraction of sp³-hybridized carbons (Fsp3) is 0.400. The van der Waals surface area contributed by atoms with E-state index >= 15 is 0 Å². The van der Waals surface area contributed by atoms with Crippen LogP contribution in [0.2, 0.25) is 0 Å². The zero-order valence-electron chi connectivity index (χ0n) is 11.2. The van der Waals surface area contributed by atoms with Crippen molar-refractivity contribution in [3.05, 3.63) is 40.8 Å². The third kappa shape index (κ3) is 2.39. The number of thiophene rings is 1. The van der Waals surface area contributed by atoms with Crippen LogP contribution in [0.1, 0.15) is 28.9 Å². The van der Waals surface area contributed by atoms with E-state index in [4.69, 9.17) is 0 Å². The van der Waals surface area contributed by atoms with Gasteiger partial charge in [0.15, 0.2) is 0 Å². The van der Waals surface area contributed by atoms with E-state index in [0.29, 0.717) is 0 Å². The number of amides is 1. The second-order valence-electron chi connectivity index (χ2n) is 5.06. The molecular formula is C15H18N2O2S. The highest BCUT2D eigenvalue weighted by Crippen LogP contribution is 2.26. The van der Waals surface area contributed by atoms with E-state index in [-0.39, 0.29) is 18.6 Å². The number of piperidine rings is 1. The monoisotopic (exact) mass is 290 g/mol. The highest BCUT2D eigenvalue weighted by atomic mass is 32.1. The minimum absolute atomic E-state index is 0.0316. The molecule has 5 heteroatoms. The summed E-state index contributed by atoms with van der Waals surface area (Å²) in [5, 5.41) is 11.4. The van der Waals surface area contributed by atoms with Crippen LogP contribution in [0.25, 0.3) is 5.69 Å². The van der Waals surface area contributed by atoms with Crippen molar-refractivity contribution in [2.45, 2.75) is 25.3 Å². The number of aromatic nitrogens is 1. The number of hydrogen-bond donors (Lipinski definition) is 1. The fourth-order valence-corrected chi connectivity index (χ4v) is 3.59. The average molecular weight is 290 g/mol. The number of aliphatic hydroxyl groups excluding tert-OH is 1. The Morgan fingerprint density at radius 1 is 1.35 bits per heavy atom. The third-order valence-corrected chi connectivity index (χ3v) is 4.71. The van der Waals surface area contributed by atoms with Crippen LogP contribution in [0, 0.1) is 0 Å². The van der Waals surface area contributed by atoms with Crippen molar-refractivity contribution in [2.24, 2.45) is 0 Å². The van der Waals surface area contributed by atoms with Crippen LogP contribution in [-0.4, -0.2) is 39.7 Å². The minimum Gasteiger partial charge on any atom is -0.394 e. The maximum atomic E-state index is 12.8. The Bertz CT molecular complexity index is 576. The van der Waals surface area contributed by atoms with Gasteiger partial charge in [-0.15, -0.1) is 11.3 Å². The first kappa shape index (κ1) is 13.4. The Labute approximate surface area is 122 Å². The van der Waals surface area contributed by atoms with Crippen molar-refractivity contribution in [3.8, 4) is 5.69 Å². The van der Waals surface area contributed by atoms with Gasteiger partial charge in [0.2, 0.25) is 0 Å². The van der Waals surface area contributed by atoms with E-state index in [1.165, 1.54) is 11.3 Å². The van der Waals surface area contributed by atoms with Crippen molar-refractivity contribution < 1.29 is 9.90 Å². The summed E-state index contributed by atoms with van der Waals surface area (Å²) in [6, 6.07) is 5.83. The van der Waals surface area contributed by atoms with Gasteiger partial charge in [-0.2, -0.15) is 0 Å². The number of rotatable bonds is 3. The van der Waals surface area contributed by atoms with Crippen molar-refractivity contribution >= 4 is 17.2 Å². The van der Waals surface area contributed by atoms with Crippen LogP contribution < -0.4 is 0 Å². The van der Waals surface area contributed by atoms with E-state index < -0.39 is 0 Å². The van der Waals surface area contributed by atoms with Gasteiger partial charge in [0, 0.05) is 18.9 Å². The molecule has 1 saturated heterocycles. The molecule has 1 aliphatic heterocycles. The molecule has 0 saturated carbocycles. The van der Waals surface area contributed by atoms with Gasteiger partial charge < -0.3 is 14.6 Å². The Balaban J connectivity index is 1.89. The summed E-state index contributed by atoms with van der Waals surface area (Å²) in [5.41, 5.74) is 0.923. The molecule has 0 bridgehead atoms. The molecule has 2 aromatic rings.